The molecule has 2 aromatic carbocycles. The van der Waals surface area contributed by atoms with Crippen LogP contribution in [0, 0.1) is 6.92 Å². The number of piperazine rings is 1. The molecule has 1 atom stereocenters. The lowest BCUT2D eigenvalue weighted by Crippen LogP contribution is -2.47. The van der Waals surface area contributed by atoms with Crippen molar-refractivity contribution in [3.8, 4) is 11.6 Å². The van der Waals surface area contributed by atoms with E-state index in [1.807, 2.05) is 6.92 Å². The highest BCUT2D eigenvalue weighted by Crippen LogP contribution is 2.34. The van der Waals surface area contributed by atoms with Gasteiger partial charge in [0.05, 0.1) is 24.9 Å². The van der Waals surface area contributed by atoms with Crippen LogP contribution in [0.5, 0.6) is 11.6 Å². The summed E-state index contributed by atoms with van der Waals surface area (Å²) >= 11 is 0. The van der Waals surface area contributed by atoms with Gasteiger partial charge in [-0.15, -0.1) is 0 Å². The van der Waals surface area contributed by atoms with Crippen molar-refractivity contribution in [1.29, 1.82) is 0 Å². The number of hydrogen-bond donors (Lipinski definition) is 0. The lowest BCUT2D eigenvalue weighted by Gasteiger charge is -2.42. The van der Waals surface area contributed by atoms with Crippen LogP contribution in [0.2, 0.25) is 0 Å². The molecule has 1 saturated heterocycles. The third-order valence-corrected chi connectivity index (χ3v) is 6.13. The zero-order valence-corrected chi connectivity index (χ0v) is 20.2. The first-order valence-electron chi connectivity index (χ1n) is 11.8. The first-order chi connectivity index (χ1) is 16.0. The molecule has 5 nitrogen and oxygen atoms in total. The first kappa shape index (κ1) is 23.3. The van der Waals surface area contributed by atoms with Crippen molar-refractivity contribution in [2.75, 3.05) is 26.7 Å². The SMILES string of the molecule is COc1nc(CN2CCN(Cc3ccccc3)[C@@H](c3ccccc3OC(C)C)C2)ccc1C. The number of benzene rings is 2. The van der Waals surface area contributed by atoms with Gasteiger partial charge < -0.3 is 9.47 Å². The van der Waals surface area contributed by atoms with Gasteiger partial charge in [-0.25, -0.2) is 4.98 Å². The molecule has 1 fully saturated rings. The van der Waals surface area contributed by atoms with Crippen molar-refractivity contribution in [2.24, 2.45) is 0 Å². The monoisotopic (exact) mass is 445 g/mol. The van der Waals surface area contributed by atoms with E-state index in [1.165, 1.54) is 11.1 Å². The van der Waals surface area contributed by atoms with Crippen LogP contribution in [0.1, 0.15) is 42.3 Å². The van der Waals surface area contributed by atoms with Crippen molar-refractivity contribution in [1.82, 2.24) is 14.8 Å². The van der Waals surface area contributed by atoms with Crippen molar-refractivity contribution >= 4 is 0 Å². The third kappa shape index (κ3) is 5.92. The van der Waals surface area contributed by atoms with E-state index in [1.54, 1.807) is 7.11 Å². The number of pyridine rings is 1. The second-order valence-corrected chi connectivity index (χ2v) is 9.04. The lowest BCUT2D eigenvalue weighted by molar-refractivity contribution is 0.0605. The summed E-state index contributed by atoms with van der Waals surface area (Å²) < 4.78 is 11.7. The Kier molecular flexibility index (Phi) is 7.63. The second-order valence-electron chi connectivity index (χ2n) is 9.04. The van der Waals surface area contributed by atoms with E-state index in [0.717, 1.165) is 49.7 Å². The predicted molar refractivity (Wildman–Crippen MR) is 133 cm³/mol. The highest BCUT2D eigenvalue weighted by atomic mass is 16.5. The average Bonchev–Trinajstić information content (AvgIpc) is 2.82. The van der Waals surface area contributed by atoms with E-state index < -0.39 is 0 Å². The standard InChI is InChI=1S/C28H35N3O2/c1-21(2)33-27-13-9-8-12-25(27)26-20-30(19-24-15-14-22(3)28(29-24)32-4)16-17-31(26)18-23-10-6-5-7-11-23/h5-15,21,26H,16-20H2,1-4H3/t26-/m1/s1. The Bertz CT molecular complexity index is 1040. The Morgan fingerprint density at radius 2 is 1.70 bits per heavy atom. The molecule has 3 aromatic rings. The third-order valence-electron chi connectivity index (χ3n) is 6.13. The molecule has 0 unspecified atom stereocenters. The molecule has 1 aliphatic heterocycles. The van der Waals surface area contributed by atoms with Gasteiger partial charge in [-0.3, -0.25) is 9.80 Å². The number of para-hydroxylation sites is 1. The maximum absolute atomic E-state index is 6.22. The molecular weight excluding hydrogens is 410 g/mol. The minimum Gasteiger partial charge on any atom is -0.491 e. The largest absolute Gasteiger partial charge is 0.491 e. The lowest BCUT2D eigenvalue weighted by atomic mass is 9.99. The highest BCUT2D eigenvalue weighted by Gasteiger charge is 2.30. The van der Waals surface area contributed by atoms with Crippen LogP contribution < -0.4 is 9.47 Å². The summed E-state index contributed by atoms with van der Waals surface area (Å²) in [6.45, 7) is 10.8. The molecule has 5 heteroatoms. The van der Waals surface area contributed by atoms with Crippen LogP contribution in [0.3, 0.4) is 0 Å². The Morgan fingerprint density at radius 3 is 2.45 bits per heavy atom. The molecule has 0 radical (unpaired) electrons. The van der Waals surface area contributed by atoms with Crippen molar-refractivity contribution in [2.45, 2.75) is 46.0 Å². The predicted octanol–water partition coefficient (Wildman–Crippen LogP) is 5.24. The number of nitrogens with zero attached hydrogens (tertiary/aromatic N) is 3. The number of aromatic nitrogens is 1. The number of hydrogen-bond acceptors (Lipinski definition) is 5. The second kappa shape index (κ2) is 10.8. The van der Waals surface area contributed by atoms with Crippen molar-refractivity contribution < 1.29 is 9.47 Å². The van der Waals surface area contributed by atoms with E-state index in [2.05, 4.69) is 90.4 Å². The molecule has 2 heterocycles. The van der Waals surface area contributed by atoms with Crippen LogP contribution in [-0.4, -0.2) is 47.6 Å². The topological polar surface area (TPSA) is 37.8 Å². The Balaban J connectivity index is 1.59. The Labute approximate surface area is 198 Å². The van der Waals surface area contributed by atoms with Gasteiger partial charge in [-0.05, 0) is 38.5 Å². The van der Waals surface area contributed by atoms with Crippen LogP contribution >= 0.6 is 0 Å². The molecule has 0 amide bonds. The molecule has 0 spiro atoms. The van der Waals surface area contributed by atoms with Gasteiger partial charge in [-0.1, -0.05) is 54.6 Å². The highest BCUT2D eigenvalue weighted by molar-refractivity contribution is 5.37. The smallest absolute Gasteiger partial charge is 0.216 e. The molecular formula is C28H35N3O2. The van der Waals surface area contributed by atoms with Crippen LogP contribution in [-0.2, 0) is 13.1 Å². The molecule has 1 aromatic heterocycles. The van der Waals surface area contributed by atoms with Crippen LogP contribution in [0.4, 0.5) is 0 Å². The fourth-order valence-corrected chi connectivity index (χ4v) is 4.51. The molecule has 174 valence electrons. The minimum atomic E-state index is 0.137. The van der Waals surface area contributed by atoms with E-state index >= 15 is 0 Å². The molecule has 0 N–H and O–H groups in total. The summed E-state index contributed by atoms with van der Waals surface area (Å²) in [5.41, 5.74) is 4.69. The molecule has 1 aliphatic rings. The van der Waals surface area contributed by atoms with Crippen molar-refractivity contribution in [3.05, 3.63) is 89.1 Å². The normalized spacial score (nSPS) is 17.3. The maximum Gasteiger partial charge on any atom is 0.216 e. The summed E-state index contributed by atoms with van der Waals surface area (Å²) in [5.74, 6) is 1.69. The van der Waals surface area contributed by atoms with E-state index in [9.17, 15) is 0 Å². The maximum atomic E-state index is 6.22. The van der Waals surface area contributed by atoms with Crippen LogP contribution in [0.25, 0.3) is 0 Å². The molecule has 0 aliphatic carbocycles. The van der Waals surface area contributed by atoms with E-state index in [0.29, 0.717) is 5.88 Å². The van der Waals surface area contributed by atoms with Crippen molar-refractivity contribution in [3.63, 3.8) is 0 Å². The van der Waals surface area contributed by atoms with Gasteiger partial charge in [0.25, 0.3) is 0 Å². The fraction of sp³-hybridized carbons (Fsp3) is 0.393. The van der Waals surface area contributed by atoms with Gasteiger partial charge in [0, 0.05) is 43.9 Å². The van der Waals surface area contributed by atoms with E-state index in [-0.39, 0.29) is 12.1 Å². The van der Waals surface area contributed by atoms with Gasteiger partial charge in [0.15, 0.2) is 0 Å². The number of aryl methyl sites for hydroxylation is 1. The first-order valence-corrected chi connectivity index (χ1v) is 11.8. The molecule has 4 rings (SSSR count). The number of methoxy groups -OCH3 is 1. The summed E-state index contributed by atoms with van der Waals surface area (Å²) in [4.78, 5) is 9.80. The number of rotatable bonds is 8. The zero-order chi connectivity index (χ0) is 23.2. The summed E-state index contributed by atoms with van der Waals surface area (Å²) in [5, 5.41) is 0. The molecule has 0 bridgehead atoms. The molecule has 0 saturated carbocycles. The minimum absolute atomic E-state index is 0.137. The van der Waals surface area contributed by atoms with Gasteiger partial charge in [0.1, 0.15) is 5.75 Å². The van der Waals surface area contributed by atoms with Gasteiger partial charge >= 0.3 is 0 Å². The number of ether oxygens (including phenoxy) is 2. The fourth-order valence-electron chi connectivity index (χ4n) is 4.51. The summed E-state index contributed by atoms with van der Waals surface area (Å²) in [7, 11) is 1.68. The Hall–Kier alpha value is -2.89. The summed E-state index contributed by atoms with van der Waals surface area (Å²) in [6, 6.07) is 23.7. The summed E-state index contributed by atoms with van der Waals surface area (Å²) in [6.07, 6.45) is 0.137. The van der Waals surface area contributed by atoms with E-state index in [4.69, 9.17) is 14.5 Å². The van der Waals surface area contributed by atoms with Gasteiger partial charge in [-0.2, -0.15) is 0 Å². The quantitative estimate of drug-likeness (QED) is 0.474. The molecule has 33 heavy (non-hydrogen) atoms. The van der Waals surface area contributed by atoms with Gasteiger partial charge in [0.2, 0.25) is 5.88 Å². The van der Waals surface area contributed by atoms with Crippen LogP contribution in [0.15, 0.2) is 66.7 Å². The Morgan fingerprint density at radius 1 is 0.939 bits per heavy atom. The average molecular weight is 446 g/mol. The zero-order valence-electron chi connectivity index (χ0n) is 20.2.